The molecule has 2 aliphatic heterocycles. The lowest BCUT2D eigenvalue weighted by molar-refractivity contribution is 0.0693. The van der Waals surface area contributed by atoms with Gasteiger partial charge in [-0.3, -0.25) is 4.79 Å². The van der Waals surface area contributed by atoms with E-state index in [4.69, 9.17) is 15.2 Å². The van der Waals surface area contributed by atoms with Crippen molar-refractivity contribution in [2.45, 2.75) is 49.9 Å². The highest BCUT2D eigenvalue weighted by molar-refractivity contribution is 5.97. The van der Waals surface area contributed by atoms with Crippen LogP contribution in [0.1, 0.15) is 42.6 Å². The summed E-state index contributed by atoms with van der Waals surface area (Å²) in [4.78, 5) is 26.3. The van der Waals surface area contributed by atoms with Crippen LogP contribution in [0.3, 0.4) is 0 Å². The number of carboxylic acids is 1. The standard InChI is InChI=1S/C21H24FN3O5/c1-21(23)9-25(14-5-6-30-19(14)21)16-13(22)7-11-15(18(16)29-2)24(10-3-4-10)8-12(17(11)26)20(27)28/h7-8,10,14,19H,3-6,9,23H2,1-2H3,(H,27,28). The lowest BCUT2D eigenvalue weighted by Crippen LogP contribution is -2.48. The van der Waals surface area contributed by atoms with Gasteiger partial charge in [0, 0.05) is 25.4 Å². The lowest BCUT2D eigenvalue weighted by atomic mass is 9.97. The summed E-state index contributed by atoms with van der Waals surface area (Å²) in [5, 5.41) is 9.47. The molecule has 5 rings (SSSR count). The molecule has 3 unspecified atom stereocenters. The first-order chi connectivity index (χ1) is 14.2. The van der Waals surface area contributed by atoms with Crippen molar-refractivity contribution >= 4 is 22.6 Å². The van der Waals surface area contributed by atoms with Crippen LogP contribution in [-0.2, 0) is 4.74 Å². The van der Waals surface area contributed by atoms with E-state index in [9.17, 15) is 14.7 Å². The Labute approximate surface area is 172 Å². The minimum atomic E-state index is -1.33. The van der Waals surface area contributed by atoms with E-state index in [1.807, 2.05) is 11.8 Å². The summed E-state index contributed by atoms with van der Waals surface area (Å²) in [5.41, 5.74) is 5.39. The summed E-state index contributed by atoms with van der Waals surface area (Å²) in [6.07, 6.45) is 3.56. The van der Waals surface area contributed by atoms with Crippen molar-refractivity contribution in [1.82, 2.24) is 4.57 Å². The van der Waals surface area contributed by atoms with Crippen LogP contribution in [0.4, 0.5) is 10.1 Å². The maximum atomic E-state index is 15.5. The van der Waals surface area contributed by atoms with E-state index >= 15 is 4.39 Å². The number of fused-ring (bicyclic) bond motifs is 2. The molecule has 3 aliphatic rings. The van der Waals surface area contributed by atoms with Crippen LogP contribution >= 0.6 is 0 Å². The van der Waals surface area contributed by atoms with Gasteiger partial charge in [-0.15, -0.1) is 0 Å². The molecule has 160 valence electrons. The number of hydrogen-bond acceptors (Lipinski definition) is 6. The van der Waals surface area contributed by atoms with Crippen LogP contribution in [0.2, 0.25) is 0 Å². The second-order valence-corrected chi connectivity index (χ2v) is 8.73. The van der Waals surface area contributed by atoms with Crippen LogP contribution in [0.5, 0.6) is 5.75 Å². The van der Waals surface area contributed by atoms with Crippen LogP contribution in [-0.4, -0.2) is 53.6 Å². The van der Waals surface area contributed by atoms with Gasteiger partial charge < -0.3 is 29.8 Å². The number of aromatic nitrogens is 1. The fraction of sp³-hybridized carbons (Fsp3) is 0.524. The summed E-state index contributed by atoms with van der Waals surface area (Å²) in [6, 6.07) is 1.09. The quantitative estimate of drug-likeness (QED) is 0.782. The number of carbonyl (C=O) groups is 1. The molecule has 1 aromatic heterocycles. The SMILES string of the molecule is COc1c(N2CC(C)(N)C3OCCC32)c(F)cc2c(=O)c(C(=O)O)cn(C3CC3)c12. The van der Waals surface area contributed by atoms with Crippen molar-refractivity contribution in [2.24, 2.45) is 5.73 Å². The fourth-order valence-corrected chi connectivity index (χ4v) is 5.04. The predicted octanol–water partition coefficient (Wildman–Crippen LogP) is 1.88. The van der Waals surface area contributed by atoms with E-state index in [2.05, 4.69) is 0 Å². The number of rotatable bonds is 4. The minimum Gasteiger partial charge on any atom is -0.492 e. The highest BCUT2D eigenvalue weighted by Gasteiger charge is 2.52. The monoisotopic (exact) mass is 417 g/mol. The molecule has 3 N–H and O–H groups in total. The number of anilines is 1. The van der Waals surface area contributed by atoms with E-state index < -0.39 is 22.8 Å². The Morgan fingerprint density at radius 2 is 2.13 bits per heavy atom. The van der Waals surface area contributed by atoms with Gasteiger partial charge in [-0.1, -0.05) is 0 Å². The first kappa shape index (κ1) is 19.3. The van der Waals surface area contributed by atoms with Crippen LogP contribution in [0.25, 0.3) is 10.9 Å². The van der Waals surface area contributed by atoms with Crippen molar-refractivity contribution in [3.05, 3.63) is 33.9 Å². The van der Waals surface area contributed by atoms with E-state index in [1.54, 1.807) is 4.57 Å². The number of ether oxygens (including phenoxy) is 2. The molecule has 1 aliphatic carbocycles. The second kappa shape index (κ2) is 6.42. The van der Waals surface area contributed by atoms with Gasteiger partial charge in [0.1, 0.15) is 11.3 Å². The maximum Gasteiger partial charge on any atom is 0.341 e. The molecule has 3 heterocycles. The highest BCUT2D eigenvalue weighted by atomic mass is 19.1. The Hall–Kier alpha value is -2.65. The zero-order chi connectivity index (χ0) is 21.4. The van der Waals surface area contributed by atoms with Crippen molar-refractivity contribution < 1.29 is 23.8 Å². The normalized spacial score (nSPS) is 28.2. The Bertz CT molecular complexity index is 1120. The number of nitrogens with zero attached hydrogens (tertiary/aromatic N) is 2. The van der Waals surface area contributed by atoms with Gasteiger partial charge in [0.15, 0.2) is 11.6 Å². The number of hydrogen-bond donors (Lipinski definition) is 2. The molecule has 30 heavy (non-hydrogen) atoms. The summed E-state index contributed by atoms with van der Waals surface area (Å²) < 4.78 is 28.7. The average Bonchev–Trinajstić information content (AvgIpc) is 3.34. The average molecular weight is 417 g/mol. The molecule has 0 spiro atoms. The predicted molar refractivity (Wildman–Crippen MR) is 108 cm³/mol. The van der Waals surface area contributed by atoms with E-state index in [1.165, 1.54) is 13.3 Å². The number of carboxylic acid groups (broad SMARTS) is 1. The minimum absolute atomic E-state index is 0.00818. The fourth-order valence-electron chi connectivity index (χ4n) is 5.04. The largest absolute Gasteiger partial charge is 0.492 e. The molecule has 0 bridgehead atoms. The Kier molecular flexibility index (Phi) is 4.14. The zero-order valence-corrected chi connectivity index (χ0v) is 16.9. The molecule has 2 aromatic rings. The second-order valence-electron chi connectivity index (χ2n) is 8.73. The Morgan fingerprint density at radius 1 is 1.40 bits per heavy atom. The Balaban J connectivity index is 1.80. The van der Waals surface area contributed by atoms with E-state index in [-0.39, 0.29) is 40.6 Å². The van der Waals surface area contributed by atoms with E-state index in [0.29, 0.717) is 25.1 Å². The van der Waals surface area contributed by atoms with E-state index in [0.717, 1.165) is 18.9 Å². The number of halogens is 1. The van der Waals surface area contributed by atoms with Gasteiger partial charge in [-0.05, 0) is 32.3 Å². The third-order valence-electron chi connectivity index (χ3n) is 6.48. The first-order valence-corrected chi connectivity index (χ1v) is 10.1. The molecule has 3 fully saturated rings. The number of methoxy groups -OCH3 is 1. The van der Waals surface area contributed by atoms with Crippen molar-refractivity contribution in [1.29, 1.82) is 0 Å². The third-order valence-corrected chi connectivity index (χ3v) is 6.48. The van der Waals surface area contributed by atoms with Gasteiger partial charge in [0.25, 0.3) is 0 Å². The molecule has 8 nitrogen and oxygen atoms in total. The number of aromatic carboxylic acids is 1. The number of nitrogens with two attached hydrogens (primary N) is 1. The molecule has 2 saturated heterocycles. The van der Waals surface area contributed by atoms with Crippen LogP contribution in [0.15, 0.2) is 17.1 Å². The van der Waals surface area contributed by atoms with Crippen molar-refractivity contribution in [3.63, 3.8) is 0 Å². The van der Waals surface area contributed by atoms with Gasteiger partial charge >= 0.3 is 5.97 Å². The summed E-state index contributed by atoms with van der Waals surface area (Å²) in [7, 11) is 1.44. The lowest BCUT2D eigenvalue weighted by Gasteiger charge is -2.28. The zero-order valence-electron chi connectivity index (χ0n) is 16.9. The summed E-state index contributed by atoms with van der Waals surface area (Å²) >= 11 is 0. The molecular formula is C21H24FN3O5. The summed E-state index contributed by atoms with van der Waals surface area (Å²) in [6.45, 7) is 2.81. The molecule has 1 saturated carbocycles. The highest BCUT2D eigenvalue weighted by Crippen LogP contribution is 2.47. The van der Waals surface area contributed by atoms with Crippen LogP contribution in [0, 0.1) is 5.82 Å². The molecule has 3 atom stereocenters. The molecule has 9 heteroatoms. The smallest absolute Gasteiger partial charge is 0.341 e. The van der Waals surface area contributed by atoms with Gasteiger partial charge in [-0.2, -0.15) is 0 Å². The third kappa shape index (κ3) is 2.65. The topological polar surface area (TPSA) is 107 Å². The summed E-state index contributed by atoms with van der Waals surface area (Å²) in [5.74, 6) is -1.73. The van der Waals surface area contributed by atoms with Gasteiger partial charge in [0.2, 0.25) is 5.43 Å². The Morgan fingerprint density at radius 3 is 2.77 bits per heavy atom. The molecular weight excluding hydrogens is 393 g/mol. The first-order valence-electron chi connectivity index (χ1n) is 10.1. The van der Waals surface area contributed by atoms with Crippen molar-refractivity contribution in [3.8, 4) is 5.75 Å². The maximum absolute atomic E-state index is 15.5. The van der Waals surface area contributed by atoms with Crippen molar-refractivity contribution in [2.75, 3.05) is 25.2 Å². The van der Waals surface area contributed by atoms with Gasteiger partial charge in [-0.25, -0.2) is 9.18 Å². The molecule has 1 aromatic carbocycles. The van der Waals surface area contributed by atoms with Gasteiger partial charge in [0.05, 0.1) is 35.7 Å². The molecule has 0 radical (unpaired) electrons. The number of benzene rings is 1. The molecule has 0 amide bonds. The number of pyridine rings is 1. The van der Waals surface area contributed by atoms with Crippen LogP contribution < -0.4 is 20.8 Å².